The van der Waals surface area contributed by atoms with E-state index in [9.17, 15) is 9.59 Å². The average molecular weight is 396 g/mol. The molecule has 29 heavy (non-hydrogen) atoms. The first-order valence-electron chi connectivity index (χ1n) is 10.0. The maximum atomic E-state index is 15.1. The topological polar surface area (TPSA) is 91.2 Å². The molecule has 1 aromatic carbocycles. The molecule has 1 saturated carbocycles. The van der Waals surface area contributed by atoms with E-state index in [0.29, 0.717) is 35.6 Å². The quantitative estimate of drug-likeness (QED) is 0.696. The van der Waals surface area contributed by atoms with Gasteiger partial charge in [0.15, 0.2) is 0 Å². The van der Waals surface area contributed by atoms with Gasteiger partial charge in [-0.05, 0) is 57.1 Å². The highest BCUT2D eigenvalue weighted by atomic mass is 19.1. The number of carbonyl (C=O) groups excluding carboxylic acids is 2. The van der Waals surface area contributed by atoms with Crippen LogP contribution in [0.1, 0.15) is 47.3 Å². The highest BCUT2D eigenvalue weighted by Crippen LogP contribution is 2.37. The SMILES string of the molecule is Cc1[nH]c2c(C(N)=O)cc(F)c(N3CCCC(NC(=O)C#CC4CC4)C3)c2c1C. The van der Waals surface area contributed by atoms with Gasteiger partial charge in [0, 0.05) is 36.1 Å². The Balaban J connectivity index is 1.64. The molecule has 1 unspecified atom stereocenters. The summed E-state index contributed by atoms with van der Waals surface area (Å²) in [5.41, 5.74) is 8.38. The van der Waals surface area contributed by atoms with E-state index in [1.807, 2.05) is 18.7 Å². The second-order valence-corrected chi connectivity index (χ2v) is 8.05. The van der Waals surface area contributed by atoms with Crippen molar-refractivity contribution in [1.82, 2.24) is 10.3 Å². The van der Waals surface area contributed by atoms with Gasteiger partial charge in [-0.1, -0.05) is 5.92 Å². The van der Waals surface area contributed by atoms with Gasteiger partial charge < -0.3 is 20.9 Å². The molecule has 152 valence electrons. The third-order valence-electron chi connectivity index (χ3n) is 5.81. The Morgan fingerprint density at radius 1 is 1.31 bits per heavy atom. The largest absolute Gasteiger partial charge is 0.367 e. The van der Waals surface area contributed by atoms with Crippen molar-refractivity contribution in [2.75, 3.05) is 18.0 Å². The highest BCUT2D eigenvalue weighted by Gasteiger charge is 2.28. The first kappa shape index (κ1) is 19.3. The van der Waals surface area contributed by atoms with Crippen molar-refractivity contribution in [1.29, 1.82) is 0 Å². The number of carbonyl (C=O) groups is 2. The third-order valence-corrected chi connectivity index (χ3v) is 5.81. The number of benzene rings is 1. The summed E-state index contributed by atoms with van der Waals surface area (Å²) in [7, 11) is 0. The van der Waals surface area contributed by atoms with E-state index in [4.69, 9.17) is 5.73 Å². The van der Waals surface area contributed by atoms with Gasteiger partial charge in [-0.3, -0.25) is 9.59 Å². The minimum absolute atomic E-state index is 0.102. The number of hydrogen-bond acceptors (Lipinski definition) is 3. The fourth-order valence-electron chi connectivity index (χ4n) is 4.02. The van der Waals surface area contributed by atoms with Gasteiger partial charge in [-0.25, -0.2) is 4.39 Å². The summed E-state index contributed by atoms with van der Waals surface area (Å²) in [4.78, 5) is 29.1. The standard InChI is InChI=1S/C22H25FN4O2/c1-12-13(2)25-20-16(22(24)29)10-17(23)21(19(12)20)27-9-3-4-15(11-27)26-18(28)8-7-14-5-6-14/h10,14-15,25H,3-6,9,11H2,1-2H3,(H2,24,29)(H,26,28). The molecule has 2 aromatic rings. The molecule has 1 aliphatic carbocycles. The van der Waals surface area contributed by atoms with Crippen LogP contribution in [0.2, 0.25) is 0 Å². The Hall–Kier alpha value is -3.01. The molecule has 2 aliphatic rings. The fourth-order valence-corrected chi connectivity index (χ4v) is 4.02. The van der Waals surface area contributed by atoms with Crippen LogP contribution in [0.25, 0.3) is 10.9 Å². The van der Waals surface area contributed by atoms with E-state index in [-0.39, 0.29) is 17.5 Å². The molecule has 2 amide bonds. The fraction of sp³-hybridized carbons (Fsp3) is 0.455. The molecule has 0 bridgehead atoms. The number of nitrogens with zero attached hydrogens (tertiary/aromatic N) is 1. The first-order valence-corrected chi connectivity index (χ1v) is 10.0. The number of anilines is 1. The summed E-state index contributed by atoms with van der Waals surface area (Å²) in [5.74, 6) is 4.59. The van der Waals surface area contributed by atoms with E-state index in [1.54, 1.807) is 0 Å². The third kappa shape index (κ3) is 3.80. The molecule has 0 spiro atoms. The number of H-pyrrole nitrogens is 1. The summed E-state index contributed by atoms with van der Waals surface area (Å²) in [6.45, 7) is 4.95. The molecular weight excluding hydrogens is 371 g/mol. The molecule has 4 rings (SSSR count). The van der Waals surface area contributed by atoms with Crippen LogP contribution >= 0.6 is 0 Å². The Kier molecular flexibility index (Phi) is 4.95. The lowest BCUT2D eigenvalue weighted by molar-refractivity contribution is -0.116. The number of primary amides is 1. The lowest BCUT2D eigenvalue weighted by Gasteiger charge is -2.35. The van der Waals surface area contributed by atoms with Gasteiger partial charge in [0.25, 0.3) is 11.8 Å². The minimum atomic E-state index is -0.667. The Morgan fingerprint density at radius 2 is 2.07 bits per heavy atom. The monoisotopic (exact) mass is 396 g/mol. The van der Waals surface area contributed by atoms with Gasteiger partial charge in [0.2, 0.25) is 0 Å². The summed E-state index contributed by atoms with van der Waals surface area (Å²) in [6, 6.07) is 1.11. The van der Waals surface area contributed by atoms with Crippen molar-refractivity contribution in [3.8, 4) is 11.8 Å². The number of halogens is 1. The number of aromatic amines is 1. The van der Waals surface area contributed by atoms with Crippen LogP contribution in [-0.4, -0.2) is 35.9 Å². The number of aryl methyl sites for hydroxylation is 2. The molecular formula is C22H25FN4O2. The number of rotatable bonds is 3. The summed E-state index contributed by atoms with van der Waals surface area (Å²) in [5, 5.41) is 3.64. The van der Waals surface area contributed by atoms with Crippen molar-refractivity contribution in [3.63, 3.8) is 0 Å². The summed E-state index contributed by atoms with van der Waals surface area (Å²) in [6.07, 6.45) is 3.79. The molecule has 1 aromatic heterocycles. The van der Waals surface area contributed by atoms with Crippen molar-refractivity contribution in [2.24, 2.45) is 11.7 Å². The second-order valence-electron chi connectivity index (χ2n) is 8.05. The number of nitrogens with two attached hydrogens (primary N) is 1. The van der Waals surface area contributed by atoms with Crippen LogP contribution in [0.3, 0.4) is 0 Å². The van der Waals surface area contributed by atoms with E-state index in [2.05, 4.69) is 22.1 Å². The zero-order valence-corrected chi connectivity index (χ0v) is 16.7. The van der Waals surface area contributed by atoms with Crippen LogP contribution in [0, 0.1) is 37.4 Å². The highest BCUT2D eigenvalue weighted by molar-refractivity contribution is 6.10. The molecule has 1 aliphatic heterocycles. The zero-order valence-electron chi connectivity index (χ0n) is 16.7. The maximum absolute atomic E-state index is 15.1. The van der Waals surface area contributed by atoms with Gasteiger partial charge in [0.1, 0.15) is 5.82 Å². The number of fused-ring (bicyclic) bond motifs is 1. The normalized spacial score (nSPS) is 19.0. The predicted octanol–water partition coefficient (Wildman–Crippen LogP) is 2.52. The number of piperidine rings is 1. The molecule has 4 N–H and O–H groups in total. The number of aromatic nitrogens is 1. The van der Waals surface area contributed by atoms with E-state index >= 15 is 4.39 Å². The zero-order chi connectivity index (χ0) is 20.7. The van der Waals surface area contributed by atoms with Crippen LogP contribution in [0.5, 0.6) is 0 Å². The first-order chi connectivity index (χ1) is 13.8. The van der Waals surface area contributed by atoms with Gasteiger partial charge in [0.05, 0.1) is 16.8 Å². The maximum Gasteiger partial charge on any atom is 0.296 e. The van der Waals surface area contributed by atoms with Crippen molar-refractivity contribution in [3.05, 3.63) is 28.7 Å². The van der Waals surface area contributed by atoms with Crippen LogP contribution in [-0.2, 0) is 4.79 Å². The van der Waals surface area contributed by atoms with Gasteiger partial charge in [-0.15, -0.1) is 0 Å². The molecule has 6 nitrogen and oxygen atoms in total. The second kappa shape index (κ2) is 7.43. The van der Waals surface area contributed by atoms with E-state index in [1.165, 1.54) is 6.07 Å². The molecule has 7 heteroatoms. The Labute approximate surface area is 169 Å². The van der Waals surface area contributed by atoms with Crippen LogP contribution in [0.15, 0.2) is 6.07 Å². The molecule has 2 heterocycles. The molecule has 0 radical (unpaired) electrons. The average Bonchev–Trinajstić information content (AvgIpc) is 3.46. The summed E-state index contributed by atoms with van der Waals surface area (Å²) >= 11 is 0. The van der Waals surface area contributed by atoms with E-state index < -0.39 is 11.7 Å². The van der Waals surface area contributed by atoms with Crippen LogP contribution in [0.4, 0.5) is 10.1 Å². The van der Waals surface area contributed by atoms with Crippen molar-refractivity contribution in [2.45, 2.75) is 45.6 Å². The smallest absolute Gasteiger partial charge is 0.296 e. The molecule has 1 saturated heterocycles. The van der Waals surface area contributed by atoms with Gasteiger partial charge >= 0.3 is 0 Å². The van der Waals surface area contributed by atoms with Gasteiger partial charge in [-0.2, -0.15) is 0 Å². The Morgan fingerprint density at radius 3 is 2.76 bits per heavy atom. The lowest BCUT2D eigenvalue weighted by atomic mass is 10.0. The molecule has 2 fully saturated rings. The number of hydrogen-bond donors (Lipinski definition) is 3. The van der Waals surface area contributed by atoms with E-state index in [0.717, 1.165) is 36.9 Å². The predicted molar refractivity (Wildman–Crippen MR) is 110 cm³/mol. The Bertz CT molecular complexity index is 1060. The number of nitrogens with one attached hydrogen (secondary N) is 2. The van der Waals surface area contributed by atoms with Crippen molar-refractivity contribution < 1.29 is 14.0 Å². The summed E-state index contributed by atoms with van der Waals surface area (Å²) < 4.78 is 15.1. The van der Waals surface area contributed by atoms with Crippen molar-refractivity contribution >= 4 is 28.4 Å². The molecule has 1 atom stereocenters. The lowest BCUT2D eigenvalue weighted by Crippen LogP contribution is -2.47. The van der Waals surface area contributed by atoms with Crippen LogP contribution < -0.4 is 16.0 Å². The minimum Gasteiger partial charge on any atom is -0.367 e. The number of amides is 2.